The second kappa shape index (κ2) is 7.25. The first-order valence-corrected chi connectivity index (χ1v) is 11.9. The molecular weight excluding hydrogens is 402 g/mol. The van der Waals surface area contributed by atoms with Gasteiger partial charge in [-0.3, -0.25) is 9.59 Å². The molecule has 0 saturated heterocycles. The van der Waals surface area contributed by atoms with Crippen LogP contribution in [0.1, 0.15) is 66.2 Å². The third-order valence-electron chi connectivity index (χ3n) is 7.58. The fraction of sp³-hybridized carbons (Fsp3) is 0.682. The van der Waals surface area contributed by atoms with Crippen molar-refractivity contribution in [3.8, 4) is 0 Å². The lowest BCUT2D eigenvalue weighted by Gasteiger charge is -2.55. The number of carbonyl (C=O) groups excluding carboxylic acids is 3. The van der Waals surface area contributed by atoms with Gasteiger partial charge in [-0.2, -0.15) is 0 Å². The van der Waals surface area contributed by atoms with Gasteiger partial charge >= 0.3 is 6.09 Å². The average Bonchev–Trinajstić information content (AvgIpc) is 3.04. The number of nitrogens with two attached hydrogens (primary N) is 1. The zero-order chi connectivity index (χ0) is 21.0. The van der Waals surface area contributed by atoms with Crippen molar-refractivity contribution in [3.05, 3.63) is 16.0 Å². The van der Waals surface area contributed by atoms with Crippen molar-refractivity contribution < 1.29 is 19.1 Å². The smallest absolute Gasteiger partial charge is 0.410 e. The third-order valence-corrected chi connectivity index (χ3v) is 8.71. The Kier molecular flexibility index (Phi) is 4.80. The number of anilines is 1. The highest BCUT2D eigenvalue weighted by Crippen LogP contribution is 2.60. The summed E-state index contributed by atoms with van der Waals surface area (Å²) in [6.07, 6.45) is 6.92. The first-order chi connectivity index (χ1) is 14.4. The number of hydrogen-bond donors (Lipinski definition) is 2. The molecule has 0 spiro atoms. The van der Waals surface area contributed by atoms with Crippen LogP contribution in [0, 0.1) is 23.2 Å². The van der Waals surface area contributed by atoms with Gasteiger partial charge < -0.3 is 20.7 Å². The molecule has 5 aliphatic rings. The maximum absolute atomic E-state index is 13.5. The molecule has 162 valence electrons. The van der Waals surface area contributed by atoms with E-state index in [2.05, 4.69) is 5.32 Å². The maximum atomic E-state index is 13.5. The summed E-state index contributed by atoms with van der Waals surface area (Å²) in [6.45, 7) is 2.96. The van der Waals surface area contributed by atoms with Crippen molar-refractivity contribution >= 4 is 34.2 Å². The molecule has 4 bridgehead atoms. The fourth-order valence-electron chi connectivity index (χ4n) is 6.75. The standard InChI is InChI=1S/C22H29N3O4S/c1-2-29-21(28)25-4-3-15-16(11-25)30-19(17(15)18(23)26)24-20(27)22-8-12-5-13(9-22)7-14(6-12)10-22/h12-14H,2-11H2,1H3,(H2,23,26)(H,24,27). The normalized spacial score (nSPS) is 31.4. The van der Waals surface area contributed by atoms with Crippen LogP contribution in [0.5, 0.6) is 0 Å². The molecule has 0 aromatic carbocycles. The van der Waals surface area contributed by atoms with Crippen LogP contribution in [0.3, 0.4) is 0 Å². The van der Waals surface area contributed by atoms with Crippen LogP contribution in [-0.2, 0) is 22.5 Å². The van der Waals surface area contributed by atoms with Crippen LogP contribution < -0.4 is 11.1 Å². The lowest BCUT2D eigenvalue weighted by Crippen LogP contribution is -2.51. The topological polar surface area (TPSA) is 102 Å². The highest BCUT2D eigenvalue weighted by atomic mass is 32.1. The highest BCUT2D eigenvalue weighted by Gasteiger charge is 2.54. The minimum atomic E-state index is -0.516. The molecular formula is C22H29N3O4S. The Hall–Kier alpha value is -2.09. The summed E-state index contributed by atoms with van der Waals surface area (Å²) < 4.78 is 5.11. The van der Waals surface area contributed by atoms with E-state index >= 15 is 0 Å². The number of nitrogens with zero attached hydrogens (tertiary/aromatic N) is 1. The minimum Gasteiger partial charge on any atom is -0.450 e. The molecule has 8 heteroatoms. The summed E-state index contributed by atoms with van der Waals surface area (Å²) in [7, 11) is 0. The summed E-state index contributed by atoms with van der Waals surface area (Å²) >= 11 is 1.38. The van der Waals surface area contributed by atoms with Crippen LogP contribution in [0.15, 0.2) is 0 Å². The molecule has 1 aliphatic heterocycles. The van der Waals surface area contributed by atoms with Gasteiger partial charge in [0.15, 0.2) is 0 Å². The summed E-state index contributed by atoms with van der Waals surface area (Å²) in [5, 5.41) is 3.67. The molecule has 4 aliphatic carbocycles. The summed E-state index contributed by atoms with van der Waals surface area (Å²) in [5.41, 5.74) is 6.73. The van der Waals surface area contributed by atoms with Crippen molar-refractivity contribution in [1.29, 1.82) is 0 Å². The largest absolute Gasteiger partial charge is 0.450 e. The first kappa shape index (κ1) is 19.8. The molecule has 6 rings (SSSR count). The van der Waals surface area contributed by atoms with Gasteiger partial charge in [0.2, 0.25) is 5.91 Å². The number of fused-ring (bicyclic) bond motifs is 1. The number of rotatable bonds is 4. The average molecular weight is 432 g/mol. The van der Waals surface area contributed by atoms with Gasteiger partial charge in [0, 0.05) is 11.4 Å². The van der Waals surface area contributed by atoms with Crippen molar-refractivity contribution in [1.82, 2.24) is 4.90 Å². The Morgan fingerprint density at radius 2 is 1.80 bits per heavy atom. The van der Waals surface area contributed by atoms with E-state index in [0.717, 1.165) is 29.7 Å². The molecule has 7 nitrogen and oxygen atoms in total. The second-order valence-corrected chi connectivity index (χ2v) is 10.7. The van der Waals surface area contributed by atoms with Crippen molar-refractivity contribution in [2.45, 2.75) is 58.4 Å². The monoisotopic (exact) mass is 431 g/mol. The third kappa shape index (κ3) is 3.20. The molecule has 3 amide bonds. The zero-order valence-corrected chi connectivity index (χ0v) is 18.2. The summed E-state index contributed by atoms with van der Waals surface area (Å²) in [4.78, 5) is 40.4. The second-order valence-electron chi connectivity index (χ2n) is 9.59. The van der Waals surface area contributed by atoms with Gasteiger partial charge in [-0.1, -0.05) is 0 Å². The predicted molar refractivity (Wildman–Crippen MR) is 113 cm³/mol. The van der Waals surface area contributed by atoms with E-state index in [0.29, 0.717) is 54.4 Å². The number of primary amides is 1. The lowest BCUT2D eigenvalue weighted by atomic mass is 9.49. The van der Waals surface area contributed by atoms with Crippen LogP contribution >= 0.6 is 11.3 Å². The van der Waals surface area contributed by atoms with Crippen LogP contribution in [0.25, 0.3) is 0 Å². The summed E-state index contributed by atoms with van der Waals surface area (Å²) in [6, 6.07) is 0. The molecule has 0 radical (unpaired) electrons. The van der Waals surface area contributed by atoms with Gasteiger partial charge in [0.25, 0.3) is 5.91 Å². The van der Waals surface area contributed by atoms with Crippen molar-refractivity contribution in [3.63, 3.8) is 0 Å². The van der Waals surface area contributed by atoms with E-state index in [1.165, 1.54) is 30.6 Å². The van der Waals surface area contributed by atoms with Gasteiger partial charge in [0.05, 0.1) is 24.1 Å². The van der Waals surface area contributed by atoms with Crippen molar-refractivity contribution in [2.75, 3.05) is 18.5 Å². The Morgan fingerprint density at radius 3 is 2.37 bits per heavy atom. The van der Waals surface area contributed by atoms with Crippen LogP contribution in [0.4, 0.5) is 9.80 Å². The number of thiophene rings is 1. The number of amides is 3. The Morgan fingerprint density at radius 1 is 1.17 bits per heavy atom. The molecule has 3 N–H and O–H groups in total. The number of nitrogens with one attached hydrogen (secondary N) is 1. The molecule has 0 atom stereocenters. The maximum Gasteiger partial charge on any atom is 0.410 e. The van der Waals surface area contributed by atoms with E-state index in [9.17, 15) is 14.4 Å². The highest BCUT2D eigenvalue weighted by molar-refractivity contribution is 7.17. The van der Waals surface area contributed by atoms with E-state index in [1.807, 2.05) is 0 Å². The van der Waals surface area contributed by atoms with Crippen LogP contribution in [-0.4, -0.2) is 36.0 Å². The zero-order valence-electron chi connectivity index (χ0n) is 17.4. The van der Waals surface area contributed by atoms with Gasteiger partial charge in [-0.15, -0.1) is 11.3 Å². The van der Waals surface area contributed by atoms with E-state index in [1.54, 1.807) is 11.8 Å². The number of hydrogen-bond acceptors (Lipinski definition) is 5. The quantitative estimate of drug-likeness (QED) is 0.761. The molecule has 1 aromatic heterocycles. The molecule has 1 aromatic rings. The fourth-order valence-corrected chi connectivity index (χ4v) is 8.01. The van der Waals surface area contributed by atoms with E-state index in [4.69, 9.17) is 10.5 Å². The lowest BCUT2D eigenvalue weighted by molar-refractivity contribution is -0.140. The van der Waals surface area contributed by atoms with E-state index in [-0.39, 0.29) is 17.4 Å². The SMILES string of the molecule is CCOC(=O)N1CCc2c(sc(NC(=O)C34CC5CC(CC(C5)C3)C4)c2C(N)=O)C1. The molecule has 0 unspecified atom stereocenters. The van der Waals surface area contributed by atoms with Crippen molar-refractivity contribution in [2.24, 2.45) is 28.9 Å². The van der Waals surface area contributed by atoms with Crippen LogP contribution in [0.2, 0.25) is 0 Å². The molecule has 30 heavy (non-hydrogen) atoms. The minimum absolute atomic E-state index is 0.0601. The Labute approximate surface area is 180 Å². The number of carbonyl (C=O) groups is 3. The predicted octanol–water partition coefficient (Wildman–Crippen LogP) is 3.52. The van der Waals surface area contributed by atoms with Gasteiger partial charge in [-0.05, 0) is 75.2 Å². The van der Waals surface area contributed by atoms with Gasteiger partial charge in [0.1, 0.15) is 5.00 Å². The Bertz CT molecular complexity index is 873. The molecule has 4 saturated carbocycles. The summed E-state index contributed by atoms with van der Waals surface area (Å²) in [5.74, 6) is 1.56. The first-order valence-electron chi connectivity index (χ1n) is 11.1. The van der Waals surface area contributed by atoms with Gasteiger partial charge in [-0.25, -0.2) is 4.79 Å². The molecule has 2 heterocycles. The Balaban J connectivity index is 1.39. The molecule has 4 fully saturated rings. The number of ether oxygens (including phenoxy) is 1. The van der Waals surface area contributed by atoms with E-state index < -0.39 is 5.91 Å².